The van der Waals surface area contributed by atoms with Crippen molar-refractivity contribution in [3.63, 3.8) is 0 Å². The van der Waals surface area contributed by atoms with E-state index in [1.54, 1.807) is 6.07 Å². The molecule has 1 heterocycles. The molecule has 1 saturated heterocycles. The number of hydrogen-bond acceptors (Lipinski definition) is 2. The molecule has 2 aliphatic rings. The molecule has 2 N–H and O–H groups in total. The number of anilines is 2. The summed E-state index contributed by atoms with van der Waals surface area (Å²) in [7, 11) is 0. The summed E-state index contributed by atoms with van der Waals surface area (Å²) in [6.07, 6.45) is 3.85. The average Bonchev–Trinajstić information content (AvgIpc) is 2.84. The maximum absolute atomic E-state index is 14.0. The maximum Gasteiger partial charge on any atom is 0.167 e. The summed E-state index contributed by atoms with van der Waals surface area (Å²) in [5.74, 6) is 1.06. The molecule has 0 spiro atoms. The standard InChI is InChI=1S/C13H16ClFN2/c14-10-4-5-11(16)13(12(10)15)17-6-8-2-1-3-9(8)7-17/h4-5,8-9H,1-3,6-7,16H2. The number of rotatable bonds is 1. The molecule has 17 heavy (non-hydrogen) atoms. The molecule has 1 aromatic rings. The predicted octanol–water partition coefficient (Wildman–Crippen LogP) is 3.30. The number of nitrogens with zero attached hydrogens (tertiary/aromatic N) is 1. The molecule has 0 bridgehead atoms. The molecule has 1 aliphatic carbocycles. The van der Waals surface area contributed by atoms with Crippen LogP contribution in [0, 0.1) is 17.7 Å². The quantitative estimate of drug-likeness (QED) is 0.780. The predicted molar refractivity (Wildman–Crippen MR) is 68.9 cm³/mol. The zero-order valence-corrected chi connectivity index (χ0v) is 10.4. The van der Waals surface area contributed by atoms with Crippen LogP contribution >= 0.6 is 11.6 Å². The second-order valence-electron chi connectivity index (χ2n) is 5.16. The third-order valence-corrected chi connectivity index (χ3v) is 4.43. The first-order chi connectivity index (χ1) is 8.16. The summed E-state index contributed by atoms with van der Waals surface area (Å²) in [6, 6.07) is 3.21. The van der Waals surface area contributed by atoms with Gasteiger partial charge in [0.2, 0.25) is 0 Å². The van der Waals surface area contributed by atoms with Gasteiger partial charge in [-0.15, -0.1) is 0 Å². The van der Waals surface area contributed by atoms with Crippen LogP contribution in [0.5, 0.6) is 0 Å². The zero-order valence-electron chi connectivity index (χ0n) is 9.63. The topological polar surface area (TPSA) is 29.3 Å². The molecule has 1 aromatic carbocycles. The Bertz CT molecular complexity index is 437. The first-order valence-electron chi connectivity index (χ1n) is 6.15. The molecule has 0 radical (unpaired) electrons. The zero-order chi connectivity index (χ0) is 12.0. The van der Waals surface area contributed by atoms with E-state index in [2.05, 4.69) is 4.90 Å². The van der Waals surface area contributed by atoms with Gasteiger partial charge >= 0.3 is 0 Å². The summed E-state index contributed by atoms with van der Waals surface area (Å²) in [5.41, 5.74) is 6.88. The lowest BCUT2D eigenvalue weighted by Gasteiger charge is -2.22. The van der Waals surface area contributed by atoms with Crippen LogP contribution in [0.15, 0.2) is 12.1 Å². The van der Waals surface area contributed by atoms with Gasteiger partial charge in [-0.1, -0.05) is 18.0 Å². The average molecular weight is 255 g/mol. The van der Waals surface area contributed by atoms with Crippen molar-refractivity contribution in [2.75, 3.05) is 23.7 Å². The Morgan fingerprint density at radius 2 is 1.88 bits per heavy atom. The van der Waals surface area contributed by atoms with E-state index in [1.165, 1.54) is 25.3 Å². The number of hydrogen-bond donors (Lipinski definition) is 1. The van der Waals surface area contributed by atoms with Crippen LogP contribution in [0.1, 0.15) is 19.3 Å². The van der Waals surface area contributed by atoms with Crippen LogP contribution in [-0.4, -0.2) is 13.1 Å². The van der Waals surface area contributed by atoms with E-state index in [1.807, 2.05) is 0 Å². The Labute approximate surface area is 106 Å². The highest BCUT2D eigenvalue weighted by Crippen LogP contribution is 2.42. The number of nitrogens with two attached hydrogens (primary N) is 1. The molecule has 0 aromatic heterocycles. The van der Waals surface area contributed by atoms with Gasteiger partial charge in [0.15, 0.2) is 5.82 Å². The summed E-state index contributed by atoms with van der Waals surface area (Å²) in [4.78, 5) is 2.07. The Balaban J connectivity index is 1.93. The van der Waals surface area contributed by atoms with E-state index in [4.69, 9.17) is 17.3 Å². The Morgan fingerprint density at radius 3 is 2.53 bits per heavy atom. The fourth-order valence-corrected chi connectivity index (χ4v) is 3.45. The Morgan fingerprint density at radius 1 is 1.24 bits per heavy atom. The van der Waals surface area contributed by atoms with Crippen LogP contribution in [0.25, 0.3) is 0 Å². The number of halogens is 2. The molecule has 2 unspecified atom stereocenters. The first kappa shape index (κ1) is 11.1. The molecule has 4 heteroatoms. The third-order valence-electron chi connectivity index (χ3n) is 4.14. The maximum atomic E-state index is 14.0. The van der Waals surface area contributed by atoms with Crippen LogP contribution in [0.3, 0.4) is 0 Å². The largest absolute Gasteiger partial charge is 0.397 e. The minimum Gasteiger partial charge on any atom is -0.397 e. The van der Waals surface area contributed by atoms with E-state index >= 15 is 0 Å². The number of nitrogen functional groups attached to an aromatic ring is 1. The van der Waals surface area contributed by atoms with Gasteiger partial charge < -0.3 is 10.6 Å². The molecule has 2 nitrogen and oxygen atoms in total. The van der Waals surface area contributed by atoms with E-state index in [0.717, 1.165) is 13.1 Å². The van der Waals surface area contributed by atoms with Gasteiger partial charge in [0.05, 0.1) is 16.4 Å². The van der Waals surface area contributed by atoms with Crippen molar-refractivity contribution in [1.29, 1.82) is 0 Å². The summed E-state index contributed by atoms with van der Waals surface area (Å²) in [5, 5.41) is 0.159. The van der Waals surface area contributed by atoms with Crippen molar-refractivity contribution in [3.8, 4) is 0 Å². The van der Waals surface area contributed by atoms with Crippen LogP contribution in [0.2, 0.25) is 5.02 Å². The van der Waals surface area contributed by atoms with Crippen molar-refractivity contribution in [1.82, 2.24) is 0 Å². The van der Waals surface area contributed by atoms with Gasteiger partial charge in [0.25, 0.3) is 0 Å². The van der Waals surface area contributed by atoms with E-state index in [9.17, 15) is 4.39 Å². The van der Waals surface area contributed by atoms with Crippen molar-refractivity contribution in [3.05, 3.63) is 23.0 Å². The summed E-state index contributed by atoms with van der Waals surface area (Å²) < 4.78 is 14.0. The second kappa shape index (κ2) is 4.05. The lowest BCUT2D eigenvalue weighted by Crippen LogP contribution is -2.23. The fraction of sp³-hybridized carbons (Fsp3) is 0.538. The Kier molecular flexibility index (Phi) is 2.66. The summed E-state index contributed by atoms with van der Waals surface area (Å²) >= 11 is 5.83. The van der Waals surface area contributed by atoms with E-state index in [0.29, 0.717) is 23.2 Å². The van der Waals surface area contributed by atoms with Gasteiger partial charge in [0, 0.05) is 13.1 Å². The molecule has 1 aliphatic heterocycles. The minimum atomic E-state index is -0.369. The first-order valence-corrected chi connectivity index (χ1v) is 6.53. The highest BCUT2D eigenvalue weighted by atomic mass is 35.5. The minimum absolute atomic E-state index is 0.159. The third kappa shape index (κ3) is 1.77. The van der Waals surface area contributed by atoms with Crippen molar-refractivity contribution in [2.24, 2.45) is 11.8 Å². The summed E-state index contributed by atoms with van der Waals surface area (Å²) in [6.45, 7) is 1.85. The van der Waals surface area contributed by atoms with Gasteiger partial charge in [-0.25, -0.2) is 4.39 Å². The van der Waals surface area contributed by atoms with Crippen molar-refractivity contribution in [2.45, 2.75) is 19.3 Å². The van der Waals surface area contributed by atoms with Crippen molar-refractivity contribution < 1.29 is 4.39 Å². The van der Waals surface area contributed by atoms with E-state index in [-0.39, 0.29) is 10.8 Å². The van der Waals surface area contributed by atoms with Gasteiger partial charge in [-0.05, 0) is 36.8 Å². The molecular weight excluding hydrogens is 239 g/mol. The Hall–Kier alpha value is -0.960. The molecule has 0 amide bonds. The van der Waals surface area contributed by atoms with Gasteiger partial charge in [0.1, 0.15) is 0 Å². The van der Waals surface area contributed by atoms with Crippen molar-refractivity contribution >= 4 is 23.0 Å². The number of benzene rings is 1. The highest BCUT2D eigenvalue weighted by molar-refractivity contribution is 6.31. The lowest BCUT2D eigenvalue weighted by molar-refractivity contribution is 0.494. The smallest absolute Gasteiger partial charge is 0.167 e. The lowest BCUT2D eigenvalue weighted by atomic mass is 10.0. The fourth-order valence-electron chi connectivity index (χ4n) is 3.29. The van der Waals surface area contributed by atoms with Gasteiger partial charge in [-0.2, -0.15) is 0 Å². The highest BCUT2D eigenvalue weighted by Gasteiger charge is 2.37. The SMILES string of the molecule is Nc1ccc(Cl)c(F)c1N1CC2CCCC2C1. The van der Waals surface area contributed by atoms with Gasteiger partial charge in [-0.3, -0.25) is 0 Å². The second-order valence-corrected chi connectivity index (χ2v) is 5.56. The molecule has 1 saturated carbocycles. The molecule has 92 valence electrons. The monoisotopic (exact) mass is 254 g/mol. The molecule has 3 rings (SSSR count). The van der Waals surface area contributed by atoms with Crippen LogP contribution < -0.4 is 10.6 Å². The molecule has 2 fully saturated rings. The van der Waals surface area contributed by atoms with Crippen LogP contribution in [-0.2, 0) is 0 Å². The number of fused-ring (bicyclic) bond motifs is 1. The van der Waals surface area contributed by atoms with Crippen LogP contribution in [0.4, 0.5) is 15.8 Å². The van der Waals surface area contributed by atoms with E-state index < -0.39 is 0 Å². The molecule has 2 atom stereocenters. The molecular formula is C13H16ClFN2. The normalized spacial score (nSPS) is 27.5.